The van der Waals surface area contributed by atoms with Gasteiger partial charge in [-0.3, -0.25) is 0 Å². The number of hydrogen-bond acceptors (Lipinski definition) is 7. The van der Waals surface area contributed by atoms with Crippen LogP contribution in [-0.2, 0) is 16.6 Å². The van der Waals surface area contributed by atoms with Crippen LogP contribution < -0.4 is 9.47 Å². The fraction of sp³-hybridized carbons (Fsp3) is 0.333. The van der Waals surface area contributed by atoms with Crippen molar-refractivity contribution < 1.29 is 22.4 Å². The predicted molar refractivity (Wildman–Crippen MR) is 112 cm³/mol. The van der Waals surface area contributed by atoms with Gasteiger partial charge in [0.05, 0.1) is 25.7 Å². The van der Waals surface area contributed by atoms with E-state index in [4.69, 9.17) is 14.0 Å². The van der Waals surface area contributed by atoms with Gasteiger partial charge in [0.1, 0.15) is 0 Å². The fourth-order valence-corrected chi connectivity index (χ4v) is 4.52. The molecule has 1 heterocycles. The topological polar surface area (TPSA) is 94.8 Å². The van der Waals surface area contributed by atoms with E-state index in [-0.39, 0.29) is 23.4 Å². The lowest BCUT2D eigenvalue weighted by molar-refractivity contribution is 0.286. The summed E-state index contributed by atoms with van der Waals surface area (Å²) in [7, 11) is -0.625. The van der Waals surface area contributed by atoms with Crippen molar-refractivity contribution in [1.82, 2.24) is 14.4 Å². The Morgan fingerprint density at radius 2 is 1.70 bits per heavy atom. The summed E-state index contributed by atoms with van der Waals surface area (Å²) in [6, 6.07) is 11.7. The molecule has 8 nitrogen and oxygen atoms in total. The molecule has 0 aliphatic heterocycles. The molecule has 0 saturated heterocycles. The number of sulfonamides is 1. The second-order valence-electron chi connectivity index (χ2n) is 7.04. The number of ether oxygens (including phenoxy) is 2. The molecule has 0 aliphatic carbocycles. The van der Waals surface area contributed by atoms with Gasteiger partial charge in [-0.2, -0.15) is 9.29 Å². The number of aryl methyl sites for hydroxylation is 1. The smallest absolute Gasteiger partial charge is 0.243 e. The van der Waals surface area contributed by atoms with Gasteiger partial charge in [0.25, 0.3) is 0 Å². The minimum absolute atomic E-state index is 0.0336. The van der Waals surface area contributed by atoms with E-state index in [0.717, 1.165) is 5.56 Å². The van der Waals surface area contributed by atoms with E-state index in [1.54, 1.807) is 70.5 Å². The zero-order chi connectivity index (χ0) is 21.9. The molecule has 0 amide bonds. The minimum Gasteiger partial charge on any atom is -0.493 e. The summed E-state index contributed by atoms with van der Waals surface area (Å²) in [6.07, 6.45) is 0. The molecule has 160 valence electrons. The molecule has 30 heavy (non-hydrogen) atoms. The highest BCUT2D eigenvalue weighted by atomic mass is 32.2. The molecular weight excluding hydrogens is 406 g/mol. The first-order valence-corrected chi connectivity index (χ1v) is 10.8. The summed E-state index contributed by atoms with van der Waals surface area (Å²) in [6.45, 7) is 5.48. The molecule has 2 aromatic carbocycles. The Morgan fingerprint density at radius 3 is 2.30 bits per heavy atom. The molecule has 0 aliphatic rings. The van der Waals surface area contributed by atoms with Crippen LogP contribution in [0, 0.1) is 6.92 Å². The van der Waals surface area contributed by atoms with Gasteiger partial charge in [-0.05, 0) is 51.1 Å². The molecule has 0 atom stereocenters. The van der Waals surface area contributed by atoms with Crippen molar-refractivity contribution in [2.24, 2.45) is 0 Å². The van der Waals surface area contributed by atoms with Crippen LogP contribution in [0.4, 0.5) is 0 Å². The summed E-state index contributed by atoms with van der Waals surface area (Å²) >= 11 is 0. The molecule has 0 saturated carbocycles. The average Bonchev–Trinajstić information content (AvgIpc) is 3.20. The Balaban J connectivity index is 1.88. The van der Waals surface area contributed by atoms with E-state index in [2.05, 4.69) is 10.1 Å². The standard InChI is InChI=1S/C21H25N3O5S/c1-14(2)24(30(25,26)17-9-6-15(3)7-10-17)13-20-22-21(23-29-20)16-8-11-18(27-4)19(12-16)28-5/h6-12,14H,13H2,1-5H3. The van der Waals surface area contributed by atoms with Gasteiger partial charge in [-0.15, -0.1) is 0 Å². The van der Waals surface area contributed by atoms with Crippen LogP contribution >= 0.6 is 0 Å². The summed E-state index contributed by atoms with van der Waals surface area (Å²) in [5, 5.41) is 3.99. The van der Waals surface area contributed by atoms with Gasteiger partial charge in [-0.25, -0.2) is 8.42 Å². The fourth-order valence-electron chi connectivity index (χ4n) is 2.94. The molecule has 3 aromatic rings. The zero-order valence-corrected chi connectivity index (χ0v) is 18.4. The summed E-state index contributed by atoms with van der Waals surface area (Å²) < 4.78 is 43.5. The molecule has 0 radical (unpaired) electrons. The predicted octanol–water partition coefficient (Wildman–Crippen LogP) is 3.66. The number of hydrogen-bond donors (Lipinski definition) is 0. The van der Waals surface area contributed by atoms with Crippen LogP contribution in [0.1, 0.15) is 25.3 Å². The molecule has 0 spiro atoms. The Kier molecular flexibility index (Phi) is 6.42. The van der Waals surface area contributed by atoms with Crippen molar-refractivity contribution in [2.45, 2.75) is 38.3 Å². The summed E-state index contributed by atoms with van der Waals surface area (Å²) in [5.74, 6) is 1.65. The van der Waals surface area contributed by atoms with Crippen molar-refractivity contribution in [1.29, 1.82) is 0 Å². The normalized spacial score (nSPS) is 11.8. The Bertz CT molecular complexity index is 1110. The zero-order valence-electron chi connectivity index (χ0n) is 17.6. The first kappa shape index (κ1) is 21.8. The lowest BCUT2D eigenvalue weighted by Gasteiger charge is -2.24. The van der Waals surface area contributed by atoms with Gasteiger partial charge in [0.15, 0.2) is 11.5 Å². The molecule has 3 rings (SSSR count). The van der Waals surface area contributed by atoms with E-state index in [9.17, 15) is 8.42 Å². The van der Waals surface area contributed by atoms with E-state index in [1.165, 1.54) is 4.31 Å². The van der Waals surface area contributed by atoms with E-state index in [0.29, 0.717) is 22.9 Å². The summed E-state index contributed by atoms with van der Waals surface area (Å²) in [5.41, 5.74) is 1.65. The highest BCUT2D eigenvalue weighted by Crippen LogP contribution is 2.31. The molecule has 1 aromatic heterocycles. The highest BCUT2D eigenvalue weighted by Gasteiger charge is 2.29. The third-order valence-corrected chi connectivity index (χ3v) is 6.64. The van der Waals surface area contributed by atoms with Crippen molar-refractivity contribution >= 4 is 10.0 Å². The first-order valence-electron chi connectivity index (χ1n) is 9.39. The Labute approximate surface area is 176 Å². The van der Waals surface area contributed by atoms with Crippen LogP contribution in [-0.4, -0.2) is 43.1 Å². The number of rotatable bonds is 8. The maximum atomic E-state index is 13.1. The third-order valence-electron chi connectivity index (χ3n) is 4.60. The molecule has 0 fully saturated rings. The van der Waals surface area contributed by atoms with E-state index < -0.39 is 10.0 Å². The molecule has 9 heteroatoms. The van der Waals surface area contributed by atoms with E-state index in [1.807, 2.05) is 6.92 Å². The van der Waals surface area contributed by atoms with E-state index >= 15 is 0 Å². The largest absolute Gasteiger partial charge is 0.493 e. The lowest BCUT2D eigenvalue weighted by atomic mass is 10.2. The molecular formula is C21H25N3O5S. The van der Waals surface area contributed by atoms with Crippen LogP contribution in [0.25, 0.3) is 11.4 Å². The maximum absolute atomic E-state index is 13.1. The molecule has 0 unspecified atom stereocenters. The Hall–Kier alpha value is -2.91. The summed E-state index contributed by atoms with van der Waals surface area (Å²) in [4.78, 5) is 4.60. The molecule has 0 N–H and O–H groups in total. The van der Waals surface area contributed by atoms with Gasteiger partial charge in [0.2, 0.25) is 21.7 Å². The van der Waals surface area contributed by atoms with Crippen LogP contribution in [0.15, 0.2) is 51.9 Å². The van der Waals surface area contributed by atoms with Gasteiger partial charge >= 0.3 is 0 Å². The lowest BCUT2D eigenvalue weighted by Crippen LogP contribution is -2.36. The Morgan fingerprint density at radius 1 is 1.03 bits per heavy atom. The maximum Gasteiger partial charge on any atom is 0.243 e. The van der Waals surface area contributed by atoms with Crippen molar-refractivity contribution in [3.8, 4) is 22.9 Å². The second kappa shape index (κ2) is 8.85. The average molecular weight is 432 g/mol. The van der Waals surface area contributed by atoms with Crippen molar-refractivity contribution in [2.75, 3.05) is 14.2 Å². The van der Waals surface area contributed by atoms with Gasteiger partial charge < -0.3 is 14.0 Å². The SMILES string of the molecule is COc1ccc(-c2noc(CN(C(C)C)S(=O)(=O)c3ccc(C)cc3)n2)cc1OC. The second-order valence-corrected chi connectivity index (χ2v) is 8.93. The number of benzene rings is 2. The van der Waals surface area contributed by atoms with Crippen LogP contribution in [0.2, 0.25) is 0 Å². The van der Waals surface area contributed by atoms with Crippen molar-refractivity contribution in [3.63, 3.8) is 0 Å². The number of nitrogens with zero attached hydrogens (tertiary/aromatic N) is 3. The van der Waals surface area contributed by atoms with Crippen LogP contribution in [0.3, 0.4) is 0 Å². The van der Waals surface area contributed by atoms with Crippen LogP contribution in [0.5, 0.6) is 11.5 Å². The molecule has 0 bridgehead atoms. The third kappa shape index (κ3) is 4.47. The van der Waals surface area contributed by atoms with Gasteiger partial charge in [-0.1, -0.05) is 22.9 Å². The highest BCUT2D eigenvalue weighted by molar-refractivity contribution is 7.89. The monoisotopic (exact) mass is 431 g/mol. The number of methoxy groups -OCH3 is 2. The van der Waals surface area contributed by atoms with Gasteiger partial charge in [0, 0.05) is 11.6 Å². The number of aromatic nitrogens is 2. The quantitative estimate of drug-likeness (QED) is 0.537. The minimum atomic E-state index is -3.72. The first-order chi connectivity index (χ1) is 14.3. The van der Waals surface area contributed by atoms with Crippen molar-refractivity contribution in [3.05, 3.63) is 53.9 Å².